The van der Waals surface area contributed by atoms with Crippen molar-refractivity contribution in [2.24, 2.45) is 0 Å². The van der Waals surface area contributed by atoms with Crippen molar-refractivity contribution in [3.8, 4) is 0 Å². The van der Waals surface area contributed by atoms with Crippen LogP contribution in [0.25, 0.3) is 0 Å². The van der Waals surface area contributed by atoms with Gasteiger partial charge in [-0.2, -0.15) is 0 Å². The summed E-state index contributed by atoms with van der Waals surface area (Å²) in [5, 5.41) is 10.6. The van der Waals surface area contributed by atoms with Gasteiger partial charge >= 0.3 is 12.1 Å². The molecule has 0 atom stereocenters. The first kappa shape index (κ1) is 13.9. The summed E-state index contributed by atoms with van der Waals surface area (Å²) in [5.41, 5.74) is -1.29. The third-order valence-corrected chi connectivity index (χ3v) is 1.85. The Morgan fingerprint density at radius 3 is 2.17 bits per heavy atom. The molecule has 18 heavy (non-hydrogen) atoms. The highest BCUT2D eigenvalue weighted by molar-refractivity contribution is 5.90. The van der Waals surface area contributed by atoms with Gasteiger partial charge in [0.15, 0.2) is 0 Å². The van der Waals surface area contributed by atoms with Crippen molar-refractivity contribution >= 4 is 17.7 Å². The molecule has 0 aliphatic carbocycles. The maximum absolute atomic E-state index is 13.3. The summed E-state index contributed by atoms with van der Waals surface area (Å²) in [6.07, 6.45) is -1.27. The quantitative estimate of drug-likeness (QED) is 0.874. The van der Waals surface area contributed by atoms with Crippen LogP contribution in [-0.4, -0.2) is 23.3 Å². The highest BCUT2D eigenvalue weighted by Gasteiger charge is 2.18. The lowest BCUT2D eigenvalue weighted by Crippen LogP contribution is -2.18. The summed E-state index contributed by atoms with van der Waals surface area (Å²) in [7, 11) is 0. The molecule has 0 bridgehead atoms. The fraction of sp³-hybridized carbons (Fsp3) is 0.273. The van der Waals surface area contributed by atoms with Crippen LogP contribution in [0.2, 0.25) is 0 Å². The number of hydrogen-bond acceptors (Lipinski definition) is 3. The third kappa shape index (κ3) is 3.41. The van der Waals surface area contributed by atoms with E-state index < -0.39 is 35.4 Å². The van der Waals surface area contributed by atoms with E-state index in [2.05, 4.69) is 5.32 Å². The van der Waals surface area contributed by atoms with Crippen LogP contribution in [0.1, 0.15) is 24.2 Å². The normalized spacial score (nSPS) is 10.3. The highest BCUT2D eigenvalue weighted by atomic mass is 19.1. The van der Waals surface area contributed by atoms with Gasteiger partial charge in [0.25, 0.3) is 0 Å². The average molecular weight is 259 g/mol. The highest BCUT2D eigenvalue weighted by Crippen LogP contribution is 2.19. The zero-order chi connectivity index (χ0) is 13.9. The largest absolute Gasteiger partial charge is 0.477 e. The van der Waals surface area contributed by atoms with Crippen molar-refractivity contribution in [1.29, 1.82) is 0 Å². The van der Waals surface area contributed by atoms with E-state index in [1.54, 1.807) is 13.8 Å². The molecule has 0 spiro atoms. The van der Waals surface area contributed by atoms with Crippen molar-refractivity contribution in [3.63, 3.8) is 0 Å². The number of rotatable bonds is 3. The fourth-order valence-electron chi connectivity index (χ4n) is 1.21. The molecule has 1 aromatic rings. The molecular weight excluding hydrogens is 248 g/mol. The Kier molecular flexibility index (Phi) is 4.19. The summed E-state index contributed by atoms with van der Waals surface area (Å²) in [6.45, 7) is 3.21. The predicted molar refractivity (Wildman–Crippen MR) is 58.6 cm³/mol. The van der Waals surface area contributed by atoms with Crippen LogP contribution in [-0.2, 0) is 4.74 Å². The van der Waals surface area contributed by atoms with Gasteiger partial charge in [-0.25, -0.2) is 18.4 Å². The molecule has 1 amide bonds. The lowest BCUT2D eigenvalue weighted by Gasteiger charge is -2.10. The summed E-state index contributed by atoms with van der Waals surface area (Å²) >= 11 is 0. The second-order valence-electron chi connectivity index (χ2n) is 3.70. The van der Waals surface area contributed by atoms with Gasteiger partial charge in [0.05, 0.1) is 6.10 Å². The number of carbonyl (C=O) groups excluding carboxylic acids is 1. The number of anilines is 1. The van der Waals surface area contributed by atoms with E-state index in [0.29, 0.717) is 12.1 Å². The molecule has 0 heterocycles. The van der Waals surface area contributed by atoms with Gasteiger partial charge in [0.1, 0.15) is 17.2 Å². The Labute approximate surface area is 101 Å². The molecular formula is C11H11F2NO4. The molecule has 5 nitrogen and oxygen atoms in total. The molecule has 1 aromatic carbocycles. The zero-order valence-corrected chi connectivity index (χ0v) is 9.66. The molecule has 0 unspecified atom stereocenters. The van der Waals surface area contributed by atoms with E-state index in [-0.39, 0.29) is 5.69 Å². The van der Waals surface area contributed by atoms with Gasteiger partial charge in [-0.3, -0.25) is 5.32 Å². The Morgan fingerprint density at radius 1 is 1.28 bits per heavy atom. The Hall–Kier alpha value is -2.18. The van der Waals surface area contributed by atoms with Crippen molar-refractivity contribution in [2.45, 2.75) is 20.0 Å². The predicted octanol–water partition coefficient (Wildman–Crippen LogP) is 2.62. The van der Waals surface area contributed by atoms with Crippen LogP contribution >= 0.6 is 0 Å². The molecule has 0 aliphatic rings. The first-order valence-electron chi connectivity index (χ1n) is 5.01. The van der Waals surface area contributed by atoms with Gasteiger partial charge in [-0.1, -0.05) is 0 Å². The first-order valence-corrected chi connectivity index (χ1v) is 5.01. The van der Waals surface area contributed by atoms with Gasteiger partial charge in [0, 0.05) is 5.69 Å². The maximum Gasteiger partial charge on any atom is 0.411 e. The second-order valence-corrected chi connectivity index (χ2v) is 3.70. The van der Waals surface area contributed by atoms with E-state index >= 15 is 0 Å². The number of benzene rings is 1. The SMILES string of the molecule is CC(C)OC(=O)Nc1cc(F)c(C(=O)O)c(F)c1. The van der Waals surface area contributed by atoms with Gasteiger partial charge in [0.2, 0.25) is 0 Å². The van der Waals surface area contributed by atoms with E-state index in [1.807, 2.05) is 0 Å². The molecule has 1 rings (SSSR count). The number of aromatic carboxylic acids is 1. The lowest BCUT2D eigenvalue weighted by molar-refractivity contribution is 0.0686. The summed E-state index contributed by atoms with van der Waals surface area (Å²) in [6, 6.07) is 1.40. The van der Waals surface area contributed by atoms with Crippen molar-refractivity contribution in [3.05, 3.63) is 29.3 Å². The summed E-state index contributed by atoms with van der Waals surface area (Å²) < 4.78 is 31.2. The van der Waals surface area contributed by atoms with E-state index in [4.69, 9.17) is 9.84 Å². The number of carbonyl (C=O) groups is 2. The van der Waals surface area contributed by atoms with Gasteiger partial charge in [-0.05, 0) is 26.0 Å². The van der Waals surface area contributed by atoms with E-state index in [0.717, 1.165) is 0 Å². The number of hydrogen-bond donors (Lipinski definition) is 2. The molecule has 0 radical (unpaired) electrons. The monoisotopic (exact) mass is 259 g/mol. The molecule has 0 aromatic heterocycles. The Bertz CT molecular complexity index is 465. The standard InChI is InChI=1S/C11H11F2NO4/c1-5(2)18-11(17)14-6-3-7(12)9(10(15)16)8(13)4-6/h3-5H,1-2H3,(H,14,17)(H,15,16). The maximum atomic E-state index is 13.3. The minimum atomic E-state index is -1.72. The van der Waals surface area contributed by atoms with Crippen LogP contribution in [0.4, 0.5) is 19.3 Å². The van der Waals surface area contributed by atoms with Crippen molar-refractivity contribution < 1.29 is 28.2 Å². The first-order chi connectivity index (χ1) is 8.31. The number of carboxylic acids is 1. The van der Waals surface area contributed by atoms with E-state index in [9.17, 15) is 18.4 Å². The Balaban J connectivity index is 2.93. The molecule has 98 valence electrons. The number of carboxylic acid groups (broad SMARTS) is 1. The molecule has 0 aliphatic heterocycles. The summed E-state index contributed by atoms with van der Waals surface area (Å²) in [4.78, 5) is 21.7. The molecule has 0 fully saturated rings. The lowest BCUT2D eigenvalue weighted by atomic mass is 10.2. The average Bonchev–Trinajstić information content (AvgIpc) is 2.12. The molecule has 0 saturated carbocycles. The van der Waals surface area contributed by atoms with Crippen LogP contribution in [0.3, 0.4) is 0 Å². The number of nitrogens with one attached hydrogen (secondary N) is 1. The van der Waals surface area contributed by atoms with Gasteiger partial charge < -0.3 is 9.84 Å². The number of ether oxygens (including phenoxy) is 1. The third-order valence-electron chi connectivity index (χ3n) is 1.85. The number of amides is 1. The van der Waals surface area contributed by atoms with Crippen molar-refractivity contribution in [1.82, 2.24) is 0 Å². The van der Waals surface area contributed by atoms with Gasteiger partial charge in [-0.15, -0.1) is 0 Å². The van der Waals surface area contributed by atoms with Crippen molar-refractivity contribution in [2.75, 3.05) is 5.32 Å². The summed E-state index contributed by atoms with van der Waals surface area (Å²) in [5.74, 6) is -4.27. The molecule has 0 saturated heterocycles. The minimum absolute atomic E-state index is 0.222. The smallest absolute Gasteiger partial charge is 0.411 e. The molecule has 2 N–H and O–H groups in total. The zero-order valence-electron chi connectivity index (χ0n) is 9.66. The van der Waals surface area contributed by atoms with Crippen LogP contribution in [0.5, 0.6) is 0 Å². The second kappa shape index (κ2) is 5.44. The fourth-order valence-corrected chi connectivity index (χ4v) is 1.21. The van der Waals surface area contributed by atoms with Crippen LogP contribution in [0, 0.1) is 11.6 Å². The van der Waals surface area contributed by atoms with E-state index in [1.165, 1.54) is 0 Å². The number of halogens is 2. The Morgan fingerprint density at radius 2 is 1.78 bits per heavy atom. The minimum Gasteiger partial charge on any atom is -0.477 e. The van der Waals surface area contributed by atoms with Crippen LogP contribution < -0.4 is 5.32 Å². The van der Waals surface area contributed by atoms with Crippen LogP contribution in [0.15, 0.2) is 12.1 Å². The molecule has 7 heteroatoms. The topological polar surface area (TPSA) is 75.6 Å².